The van der Waals surface area contributed by atoms with Crippen molar-refractivity contribution in [2.75, 3.05) is 6.26 Å². The Kier molecular flexibility index (Phi) is 2.32. The summed E-state index contributed by atoms with van der Waals surface area (Å²) in [4.78, 5) is 0.286. The smallest absolute Gasteiger partial charge is 0.177 e. The van der Waals surface area contributed by atoms with Crippen LogP contribution in [0.1, 0.15) is 0 Å². The number of para-hydroxylation sites is 1. The SMILES string of the molecule is CS(=O)(=O)c1ccccc1-n1cccn1. The van der Waals surface area contributed by atoms with Crippen molar-refractivity contribution in [2.24, 2.45) is 0 Å². The Bertz CT molecular complexity index is 559. The molecule has 0 N–H and O–H groups in total. The fourth-order valence-electron chi connectivity index (χ4n) is 1.37. The fourth-order valence-corrected chi connectivity index (χ4v) is 2.24. The monoisotopic (exact) mass is 222 g/mol. The van der Waals surface area contributed by atoms with E-state index < -0.39 is 9.84 Å². The van der Waals surface area contributed by atoms with E-state index in [0.717, 1.165) is 0 Å². The van der Waals surface area contributed by atoms with Crippen LogP contribution >= 0.6 is 0 Å². The van der Waals surface area contributed by atoms with E-state index in [-0.39, 0.29) is 4.90 Å². The lowest BCUT2D eigenvalue weighted by Gasteiger charge is -2.06. The van der Waals surface area contributed by atoms with Crippen molar-refractivity contribution in [1.29, 1.82) is 0 Å². The van der Waals surface area contributed by atoms with E-state index in [4.69, 9.17) is 0 Å². The minimum Gasteiger partial charge on any atom is -0.240 e. The van der Waals surface area contributed by atoms with Gasteiger partial charge < -0.3 is 0 Å². The van der Waals surface area contributed by atoms with Crippen molar-refractivity contribution < 1.29 is 8.42 Å². The highest BCUT2D eigenvalue weighted by molar-refractivity contribution is 7.90. The van der Waals surface area contributed by atoms with E-state index >= 15 is 0 Å². The summed E-state index contributed by atoms with van der Waals surface area (Å²) in [6.45, 7) is 0. The van der Waals surface area contributed by atoms with Crippen LogP contribution < -0.4 is 0 Å². The molecule has 78 valence electrons. The first kappa shape index (κ1) is 9.92. The summed E-state index contributed by atoms with van der Waals surface area (Å²) < 4.78 is 24.6. The minimum absolute atomic E-state index is 0.286. The zero-order chi connectivity index (χ0) is 10.9. The van der Waals surface area contributed by atoms with Gasteiger partial charge >= 0.3 is 0 Å². The van der Waals surface area contributed by atoms with Gasteiger partial charge in [-0.1, -0.05) is 12.1 Å². The molecule has 0 saturated heterocycles. The lowest BCUT2D eigenvalue weighted by molar-refractivity contribution is 0.601. The molecule has 2 rings (SSSR count). The highest BCUT2D eigenvalue weighted by atomic mass is 32.2. The highest BCUT2D eigenvalue weighted by Gasteiger charge is 2.13. The van der Waals surface area contributed by atoms with Crippen LogP contribution in [-0.4, -0.2) is 24.5 Å². The van der Waals surface area contributed by atoms with Crippen LogP contribution in [0.15, 0.2) is 47.6 Å². The van der Waals surface area contributed by atoms with Crippen LogP contribution in [0.2, 0.25) is 0 Å². The number of benzene rings is 1. The quantitative estimate of drug-likeness (QED) is 0.769. The summed E-state index contributed by atoms with van der Waals surface area (Å²) in [5.41, 5.74) is 0.574. The number of hydrogen-bond donors (Lipinski definition) is 0. The van der Waals surface area contributed by atoms with Gasteiger partial charge in [0.05, 0.1) is 10.6 Å². The maximum absolute atomic E-state index is 11.5. The largest absolute Gasteiger partial charge is 0.240 e. The van der Waals surface area contributed by atoms with Gasteiger partial charge in [0.2, 0.25) is 0 Å². The second-order valence-electron chi connectivity index (χ2n) is 3.19. The first-order valence-corrected chi connectivity index (χ1v) is 6.27. The van der Waals surface area contributed by atoms with Gasteiger partial charge in [0.25, 0.3) is 0 Å². The van der Waals surface area contributed by atoms with Gasteiger partial charge in [0.15, 0.2) is 9.84 Å². The molecule has 0 radical (unpaired) electrons. The number of aromatic nitrogens is 2. The van der Waals surface area contributed by atoms with Crippen LogP contribution in [0.5, 0.6) is 0 Å². The van der Waals surface area contributed by atoms with Crippen molar-refractivity contribution in [3.63, 3.8) is 0 Å². The van der Waals surface area contributed by atoms with E-state index in [1.165, 1.54) is 10.9 Å². The third kappa shape index (κ3) is 1.92. The number of nitrogens with zero attached hydrogens (tertiary/aromatic N) is 2. The van der Waals surface area contributed by atoms with Gasteiger partial charge in [-0.15, -0.1) is 0 Å². The van der Waals surface area contributed by atoms with Crippen LogP contribution in [0, 0.1) is 0 Å². The van der Waals surface area contributed by atoms with Crippen molar-refractivity contribution in [3.8, 4) is 5.69 Å². The number of rotatable bonds is 2. The summed E-state index contributed by atoms with van der Waals surface area (Å²) in [6.07, 6.45) is 4.51. The standard InChI is InChI=1S/C10H10N2O2S/c1-15(13,14)10-6-3-2-5-9(10)12-8-4-7-11-12/h2-8H,1H3. The lowest BCUT2D eigenvalue weighted by atomic mass is 10.3. The average Bonchev–Trinajstić information content (AvgIpc) is 2.69. The molecule has 0 saturated carbocycles. The molecule has 1 heterocycles. The topological polar surface area (TPSA) is 52.0 Å². The zero-order valence-electron chi connectivity index (χ0n) is 8.16. The van der Waals surface area contributed by atoms with Gasteiger partial charge in [-0.05, 0) is 18.2 Å². The fraction of sp³-hybridized carbons (Fsp3) is 0.100. The summed E-state index contributed by atoms with van der Waals surface area (Å²) in [5.74, 6) is 0. The molecule has 0 amide bonds. The van der Waals surface area contributed by atoms with Crippen LogP contribution in [0.4, 0.5) is 0 Å². The Morgan fingerprint density at radius 2 is 1.93 bits per heavy atom. The van der Waals surface area contributed by atoms with E-state index in [1.807, 2.05) is 0 Å². The molecule has 4 nitrogen and oxygen atoms in total. The van der Waals surface area contributed by atoms with Gasteiger partial charge in [0.1, 0.15) is 0 Å². The van der Waals surface area contributed by atoms with Crippen LogP contribution in [0.3, 0.4) is 0 Å². The third-order valence-electron chi connectivity index (χ3n) is 2.02. The maximum Gasteiger partial charge on any atom is 0.177 e. The van der Waals surface area contributed by atoms with Gasteiger partial charge in [-0.25, -0.2) is 13.1 Å². The Hall–Kier alpha value is -1.62. The predicted molar refractivity (Wildman–Crippen MR) is 56.7 cm³/mol. The van der Waals surface area contributed by atoms with Crippen molar-refractivity contribution in [3.05, 3.63) is 42.7 Å². The molecule has 0 aliphatic heterocycles. The van der Waals surface area contributed by atoms with E-state index in [9.17, 15) is 8.42 Å². The molecule has 2 aromatic rings. The molecule has 0 atom stereocenters. The zero-order valence-corrected chi connectivity index (χ0v) is 8.98. The molecule has 0 fully saturated rings. The van der Waals surface area contributed by atoms with Crippen molar-refractivity contribution in [1.82, 2.24) is 9.78 Å². The second-order valence-corrected chi connectivity index (χ2v) is 5.17. The van der Waals surface area contributed by atoms with E-state index in [1.54, 1.807) is 42.7 Å². The molecular weight excluding hydrogens is 212 g/mol. The molecule has 0 aliphatic rings. The van der Waals surface area contributed by atoms with E-state index in [2.05, 4.69) is 5.10 Å². The molecule has 5 heteroatoms. The molecule has 0 unspecified atom stereocenters. The molecule has 1 aromatic carbocycles. The number of hydrogen-bond acceptors (Lipinski definition) is 3. The summed E-state index contributed by atoms with van der Waals surface area (Å²) in [6, 6.07) is 8.53. The normalized spacial score (nSPS) is 11.5. The maximum atomic E-state index is 11.5. The van der Waals surface area contributed by atoms with Crippen molar-refractivity contribution in [2.45, 2.75) is 4.90 Å². The summed E-state index contributed by atoms with van der Waals surface area (Å²) in [7, 11) is -3.22. The average molecular weight is 222 g/mol. The molecule has 15 heavy (non-hydrogen) atoms. The molecule has 1 aromatic heterocycles. The first-order valence-electron chi connectivity index (χ1n) is 4.38. The summed E-state index contributed by atoms with van der Waals surface area (Å²) in [5, 5.41) is 4.01. The molecule has 0 aliphatic carbocycles. The first-order chi connectivity index (χ1) is 7.09. The Balaban J connectivity index is 2.68. The Morgan fingerprint density at radius 1 is 1.20 bits per heavy atom. The van der Waals surface area contributed by atoms with Gasteiger partial charge in [-0.3, -0.25) is 0 Å². The van der Waals surface area contributed by atoms with E-state index in [0.29, 0.717) is 5.69 Å². The molecule has 0 bridgehead atoms. The Labute approximate surface area is 88.1 Å². The summed E-state index contributed by atoms with van der Waals surface area (Å²) >= 11 is 0. The third-order valence-corrected chi connectivity index (χ3v) is 3.16. The lowest BCUT2D eigenvalue weighted by Crippen LogP contribution is -2.05. The Morgan fingerprint density at radius 3 is 2.53 bits per heavy atom. The van der Waals surface area contributed by atoms with Crippen molar-refractivity contribution >= 4 is 9.84 Å². The second kappa shape index (κ2) is 3.51. The highest BCUT2D eigenvalue weighted by Crippen LogP contribution is 2.18. The minimum atomic E-state index is -3.22. The predicted octanol–water partition coefficient (Wildman–Crippen LogP) is 1.28. The number of sulfone groups is 1. The van der Waals surface area contributed by atoms with Gasteiger partial charge in [-0.2, -0.15) is 5.10 Å². The molecule has 0 spiro atoms. The molecular formula is C10H10N2O2S. The van der Waals surface area contributed by atoms with Gasteiger partial charge in [0, 0.05) is 18.6 Å². The van der Waals surface area contributed by atoms with Crippen LogP contribution in [-0.2, 0) is 9.84 Å². The van der Waals surface area contributed by atoms with Crippen LogP contribution in [0.25, 0.3) is 5.69 Å².